The molecule has 1 aliphatic heterocycles. The van der Waals surface area contributed by atoms with Crippen molar-refractivity contribution < 1.29 is 23.8 Å². The molecule has 7 nitrogen and oxygen atoms in total. The van der Waals surface area contributed by atoms with Crippen molar-refractivity contribution in [1.82, 2.24) is 10.2 Å². The van der Waals surface area contributed by atoms with E-state index in [-0.39, 0.29) is 24.7 Å². The average molecular weight is 419 g/mol. The van der Waals surface area contributed by atoms with Gasteiger partial charge < -0.3 is 19.5 Å². The number of nitrogens with one attached hydrogen (secondary N) is 1. The van der Waals surface area contributed by atoms with Crippen molar-refractivity contribution in [3.8, 4) is 5.75 Å². The number of morpholine rings is 1. The van der Waals surface area contributed by atoms with Gasteiger partial charge in [-0.3, -0.25) is 9.69 Å². The van der Waals surface area contributed by atoms with E-state index in [4.69, 9.17) is 14.2 Å². The topological polar surface area (TPSA) is 77.1 Å². The molecule has 0 unspecified atom stereocenters. The quantitative estimate of drug-likeness (QED) is 0.653. The number of benzene rings is 1. The first-order valence-corrected chi connectivity index (χ1v) is 10.9. The number of rotatable bonds is 8. The van der Waals surface area contributed by atoms with E-state index in [1.165, 1.54) is 19.3 Å². The fourth-order valence-electron chi connectivity index (χ4n) is 4.30. The second-order valence-corrected chi connectivity index (χ2v) is 8.36. The summed E-state index contributed by atoms with van der Waals surface area (Å²) in [6, 6.07) is 5.64. The molecule has 2 fully saturated rings. The Balaban J connectivity index is 1.41. The number of aryl methyl sites for hydroxylation is 2. The highest BCUT2D eigenvalue weighted by molar-refractivity contribution is 5.81. The van der Waals surface area contributed by atoms with Gasteiger partial charge in [0.05, 0.1) is 13.2 Å². The van der Waals surface area contributed by atoms with Crippen LogP contribution in [0.1, 0.15) is 43.2 Å². The number of carbonyl (C=O) groups excluding carboxylic acids is 2. The molecule has 1 heterocycles. The molecule has 1 saturated heterocycles. The van der Waals surface area contributed by atoms with Gasteiger partial charge in [0.15, 0.2) is 13.2 Å². The zero-order valence-electron chi connectivity index (χ0n) is 18.2. The highest BCUT2D eigenvalue weighted by atomic mass is 16.6. The number of esters is 1. The van der Waals surface area contributed by atoms with Crippen LogP contribution in [0.15, 0.2) is 18.2 Å². The highest BCUT2D eigenvalue weighted by Gasteiger charge is 2.38. The molecule has 1 aliphatic carbocycles. The number of ether oxygens (including phenoxy) is 3. The summed E-state index contributed by atoms with van der Waals surface area (Å²) >= 11 is 0. The van der Waals surface area contributed by atoms with Crippen molar-refractivity contribution in [3.05, 3.63) is 29.3 Å². The normalized spacial score (nSPS) is 19.1. The maximum Gasteiger partial charge on any atom is 0.344 e. The molecule has 0 radical (unpaired) electrons. The van der Waals surface area contributed by atoms with E-state index in [0.717, 1.165) is 50.3 Å². The summed E-state index contributed by atoms with van der Waals surface area (Å²) in [4.78, 5) is 26.7. The smallest absolute Gasteiger partial charge is 0.344 e. The Morgan fingerprint density at radius 3 is 2.50 bits per heavy atom. The van der Waals surface area contributed by atoms with Gasteiger partial charge in [-0.1, -0.05) is 25.3 Å². The van der Waals surface area contributed by atoms with E-state index < -0.39 is 5.97 Å². The Morgan fingerprint density at radius 2 is 1.80 bits per heavy atom. The van der Waals surface area contributed by atoms with Crippen molar-refractivity contribution in [2.45, 2.75) is 51.5 Å². The molecule has 30 heavy (non-hydrogen) atoms. The molecule has 1 aromatic rings. The fraction of sp³-hybridized carbons (Fsp3) is 0.652. The summed E-state index contributed by atoms with van der Waals surface area (Å²) in [5.74, 6) is -0.207. The molecular formula is C23H34N2O5. The molecule has 2 aliphatic rings. The van der Waals surface area contributed by atoms with Crippen LogP contribution in [0, 0.1) is 13.8 Å². The number of hydrogen-bond acceptors (Lipinski definition) is 6. The van der Waals surface area contributed by atoms with Crippen LogP contribution in [0.2, 0.25) is 0 Å². The van der Waals surface area contributed by atoms with Gasteiger partial charge in [-0.15, -0.1) is 0 Å². The van der Waals surface area contributed by atoms with Crippen LogP contribution in [0.4, 0.5) is 0 Å². The van der Waals surface area contributed by atoms with Crippen LogP contribution in [0.5, 0.6) is 5.75 Å². The standard InChI is InChI=1S/C23H34N2O5/c1-18-6-7-20(14-19(18)2)29-16-22(27)30-15-21(26)24-17-23(8-4-3-5-9-23)25-10-12-28-13-11-25/h6-7,14H,3-5,8-13,15-17H2,1-2H3,(H,24,26). The molecule has 0 bridgehead atoms. The zero-order valence-corrected chi connectivity index (χ0v) is 18.2. The van der Waals surface area contributed by atoms with Gasteiger partial charge >= 0.3 is 5.97 Å². The largest absolute Gasteiger partial charge is 0.482 e. The number of nitrogens with zero attached hydrogens (tertiary/aromatic N) is 1. The average Bonchev–Trinajstić information content (AvgIpc) is 2.78. The first-order chi connectivity index (χ1) is 14.5. The molecule has 1 amide bonds. The van der Waals surface area contributed by atoms with Crippen molar-refractivity contribution in [1.29, 1.82) is 0 Å². The second kappa shape index (κ2) is 10.8. The molecule has 3 rings (SSSR count). The Labute approximate surface area is 179 Å². The number of carbonyl (C=O) groups is 2. The zero-order chi connectivity index (χ0) is 21.4. The summed E-state index contributed by atoms with van der Waals surface area (Å²) in [5.41, 5.74) is 2.25. The first-order valence-electron chi connectivity index (χ1n) is 10.9. The number of amides is 1. The van der Waals surface area contributed by atoms with Crippen molar-refractivity contribution in [3.63, 3.8) is 0 Å². The van der Waals surface area contributed by atoms with Crippen molar-refractivity contribution in [2.24, 2.45) is 0 Å². The minimum Gasteiger partial charge on any atom is -0.482 e. The first kappa shape index (κ1) is 22.6. The van der Waals surface area contributed by atoms with Gasteiger partial charge in [-0.05, 0) is 49.9 Å². The predicted molar refractivity (Wildman–Crippen MR) is 114 cm³/mol. The second-order valence-electron chi connectivity index (χ2n) is 8.36. The SMILES string of the molecule is Cc1ccc(OCC(=O)OCC(=O)NCC2(N3CCOCC3)CCCCC2)cc1C. The Kier molecular flexibility index (Phi) is 8.10. The fourth-order valence-corrected chi connectivity index (χ4v) is 4.30. The van der Waals surface area contributed by atoms with Crippen LogP contribution in [-0.4, -0.2) is 68.4 Å². The van der Waals surface area contributed by atoms with Gasteiger partial charge in [0.2, 0.25) is 0 Å². The maximum absolute atomic E-state index is 12.3. The Morgan fingerprint density at radius 1 is 1.07 bits per heavy atom. The number of hydrogen-bond donors (Lipinski definition) is 1. The molecule has 0 atom stereocenters. The van der Waals surface area contributed by atoms with Crippen LogP contribution < -0.4 is 10.1 Å². The lowest BCUT2D eigenvalue weighted by atomic mass is 9.79. The lowest BCUT2D eigenvalue weighted by molar-refractivity contribution is -0.150. The van der Waals surface area contributed by atoms with Crippen LogP contribution in [0.3, 0.4) is 0 Å². The van der Waals surface area contributed by atoms with Gasteiger partial charge in [-0.25, -0.2) is 4.79 Å². The van der Waals surface area contributed by atoms with Gasteiger partial charge in [-0.2, -0.15) is 0 Å². The maximum atomic E-state index is 12.3. The minimum atomic E-state index is -0.552. The minimum absolute atomic E-state index is 0.00584. The van der Waals surface area contributed by atoms with E-state index in [1.807, 2.05) is 32.0 Å². The third-order valence-electron chi connectivity index (χ3n) is 6.28. The van der Waals surface area contributed by atoms with E-state index in [0.29, 0.717) is 12.3 Å². The van der Waals surface area contributed by atoms with E-state index in [1.54, 1.807) is 0 Å². The summed E-state index contributed by atoms with van der Waals surface area (Å²) in [6.45, 7) is 7.39. The van der Waals surface area contributed by atoms with Crippen LogP contribution in [-0.2, 0) is 19.1 Å². The third-order valence-corrected chi connectivity index (χ3v) is 6.28. The van der Waals surface area contributed by atoms with Gasteiger partial charge in [0.1, 0.15) is 5.75 Å². The Hall–Kier alpha value is -2.12. The molecule has 0 aromatic heterocycles. The molecule has 166 valence electrons. The summed E-state index contributed by atoms with van der Waals surface area (Å²) < 4.78 is 16.0. The van der Waals surface area contributed by atoms with E-state index in [2.05, 4.69) is 10.2 Å². The predicted octanol–water partition coefficient (Wildman–Crippen LogP) is 2.38. The molecule has 1 saturated carbocycles. The van der Waals surface area contributed by atoms with Gasteiger partial charge in [0, 0.05) is 25.2 Å². The summed E-state index contributed by atoms with van der Waals surface area (Å²) in [5, 5.41) is 2.99. The molecule has 1 aromatic carbocycles. The molecule has 0 spiro atoms. The van der Waals surface area contributed by atoms with Crippen LogP contribution in [0.25, 0.3) is 0 Å². The lowest BCUT2D eigenvalue weighted by Crippen LogP contribution is -2.59. The molecule has 7 heteroatoms. The molecular weight excluding hydrogens is 384 g/mol. The van der Waals surface area contributed by atoms with Crippen molar-refractivity contribution >= 4 is 11.9 Å². The van der Waals surface area contributed by atoms with E-state index >= 15 is 0 Å². The molecule has 1 N–H and O–H groups in total. The van der Waals surface area contributed by atoms with Gasteiger partial charge in [0.25, 0.3) is 5.91 Å². The lowest BCUT2D eigenvalue weighted by Gasteiger charge is -2.48. The monoisotopic (exact) mass is 418 g/mol. The van der Waals surface area contributed by atoms with Crippen LogP contribution >= 0.6 is 0 Å². The van der Waals surface area contributed by atoms with Crippen molar-refractivity contribution in [2.75, 3.05) is 46.1 Å². The highest BCUT2D eigenvalue weighted by Crippen LogP contribution is 2.33. The summed E-state index contributed by atoms with van der Waals surface area (Å²) in [6.07, 6.45) is 5.77. The Bertz CT molecular complexity index is 724. The van der Waals surface area contributed by atoms with E-state index in [9.17, 15) is 9.59 Å². The third kappa shape index (κ3) is 6.19. The summed E-state index contributed by atoms with van der Waals surface area (Å²) in [7, 11) is 0.